The van der Waals surface area contributed by atoms with E-state index in [4.69, 9.17) is 5.11 Å². The highest BCUT2D eigenvalue weighted by molar-refractivity contribution is 5.97. The molecular weight excluding hydrogens is 332 g/mol. The van der Waals surface area contributed by atoms with E-state index in [9.17, 15) is 14.4 Å². The Morgan fingerprint density at radius 3 is 2.15 bits per heavy atom. The Hall–Kier alpha value is -3.15. The zero-order valence-electron chi connectivity index (χ0n) is 14.6. The number of nitrogens with one attached hydrogen (secondary N) is 1. The molecule has 2 amide bonds. The predicted octanol–water partition coefficient (Wildman–Crippen LogP) is 2.48. The molecule has 136 valence electrons. The molecule has 26 heavy (non-hydrogen) atoms. The zero-order valence-corrected chi connectivity index (χ0v) is 14.6. The molecule has 0 saturated heterocycles. The lowest BCUT2D eigenvalue weighted by Crippen LogP contribution is -2.41. The van der Waals surface area contributed by atoms with Crippen LogP contribution >= 0.6 is 0 Å². The molecule has 0 bridgehead atoms. The van der Waals surface area contributed by atoms with Gasteiger partial charge in [-0.25, -0.2) is 0 Å². The SMILES string of the molecule is CN(CCCC(=O)O)C(=O)C(NC(=O)c1ccccc1)c1ccccc1. The molecule has 6 heteroatoms. The minimum atomic E-state index is -0.900. The number of likely N-dealkylation sites (N-methyl/N-ethyl adjacent to an activating group) is 1. The van der Waals surface area contributed by atoms with Crippen LogP contribution in [0.25, 0.3) is 0 Å². The summed E-state index contributed by atoms with van der Waals surface area (Å²) in [6.07, 6.45) is 0.343. The fourth-order valence-electron chi connectivity index (χ4n) is 2.54. The first-order chi connectivity index (χ1) is 12.5. The number of benzene rings is 2. The number of aliphatic carboxylic acids is 1. The molecule has 0 aliphatic rings. The first kappa shape index (κ1) is 19.2. The van der Waals surface area contributed by atoms with Gasteiger partial charge in [-0.1, -0.05) is 48.5 Å². The van der Waals surface area contributed by atoms with Crippen LogP contribution in [0.5, 0.6) is 0 Å². The average molecular weight is 354 g/mol. The predicted molar refractivity (Wildman–Crippen MR) is 97.6 cm³/mol. The van der Waals surface area contributed by atoms with Gasteiger partial charge in [-0.2, -0.15) is 0 Å². The second kappa shape index (κ2) is 9.36. The topological polar surface area (TPSA) is 86.7 Å². The molecule has 0 aliphatic carbocycles. The second-order valence-corrected chi connectivity index (χ2v) is 5.94. The van der Waals surface area contributed by atoms with Gasteiger partial charge in [0.25, 0.3) is 5.91 Å². The average Bonchev–Trinajstić information content (AvgIpc) is 2.66. The number of nitrogens with zero attached hydrogens (tertiary/aromatic N) is 1. The summed E-state index contributed by atoms with van der Waals surface area (Å²) >= 11 is 0. The van der Waals surface area contributed by atoms with Crippen molar-refractivity contribution in [2.24, 2.45) is 0 Å². The van der Waals surface area contributed by atoms with Crippen LogP contribution < -0.4 is 5.32 Å². The highest BCUT2D eigenvalue weighted by Gasteiger charge is 2.26. The molecule has 0 saturated carbocycles. The number of amides is 2. The van der Waals surface area contributed by atoms with E-state index in [2.05, 4.69) is 5.32 Å². The molecule has 0 radical (unpaired) electrons. The van der Waals surface area contributed by atoms with Gasteiger partial charge in [0.05, 0.1) is 0 Å². The minimum Gasteiger partial charge on any atom is -0.481 e. The number of carbonyl (C=O) groups is 3. The molecule has 1 unspecified atom stereocenters. The van der Waals surface area contributed by atoms with Crippen LogP contribution in [0, 0.1) is 0 Å². The van der Waals surface area contributed by atoms with Crippen molar-refractivity contribution in [1.29, 1.82) is 0 Å². The Morgan fingerprint density at radius 2 is 1.58 bits per heavy atom. The molecule has 2 aromatic rings. The number of rotatable bonds is 8. The van der Waals surface area contributed by atoms with Crippen LogP contribution in [0.4, 0.5) is 0 Å². The highest BCUT2D eigenvalue weighted by Crippen LogP contribution is 2.17. The maximum Gasteiger partial charge on any atom is 0.303 e. The summed E-state index contributed by atoms with van der Waals surface area (Å²) in [7, 11) is 1.61. The van der Waals surface area contributed by atoms with Crippen molar-refractivity contribution >= 4 is 17.8 Å². The molecule has 1 atom stereocenters. The van der Waals surface area contributed by atoms with Crippen LogP contribution in [0.3, 0.4) is 0 Å². The van der Waals surface area contributed by atoms with Crippen LogP contribution in [-0.4, -0.2) is 41.4 Å². The Kier molecular flexibility index (Phi) is 6.91. The largest absolute Gasteiger partial charge is 0.481 e. The van der Waals surface area contributed by atoms with Gasteiger partial charge in [-0.3, -0.25) is 14.4 Å². The van der Waals surface area contributed by atoms with E-state index in [1.165, 1.54) is 4.90 Å². The van der Waals surface area contributed by atoms with Crippen molar-refractivity contribution in [1.82, 2.24) is 10.2 Å². The number of carboxylic acid groups (broad SMARTS) is 1. The van der Waals surface area contributed by atoms with Gasteiger partial charge >= 0.3 is 5.97 Å². The van der Waals surface area contributed by atoms with Gasteiger partial charge in [-0.05, 0) is 24.1 Å². The molecule has 0 fully saturated rings. The summed E-state index contributed by atoms with van der Waals surface area (Å²) in [6.45, 7) is 0.301. The first-order valence-electron chi connectivity index (χ1n) is 8.36. The lowest BCUT2D eigenvalue weighted by Gasteiger charge is -2.25. The Labute approximate surface area is 152 Å². The van der Waals surface area contributed by atoms with Gasteiger partial charge in [0, 0.05) is 25.6 Å². The molecule has 6 nitrogen and oxygen atoms in total. The van der Waals surface area contributed by atoms with Crippen molar-refractivity contribution in [2.45, 2.75) is 18.9 Å². The van der Waals surface area contributed by atoms with Crippen LogP contribution in [0.15, 0.2) is 60.7 Å². The lowest BCUT2D eigenvalue weighted by molar-refractivity contribution is -0.138. The molecule has 0 heterocycles. The van der Waals surface area contributed by atoms with Crippen molar-refractivity contribution in [3.8, 4) is 0 Å². The standard InChI is InChI=1S/C20H22N2O4/c1-22(14-8-13-17(23)24)20(26)18(15-9-4-2-5-10-15)21-19(25)16-11-6-3-7-12-16/h2-7,9-12,18H,8,13-14H2,1H3,(H,21,25)(H,23,24). The van der Waals surface area contributed by atoms with E-state index >= 15 is 0 Å². The smallest absolute Gasteiger partial charge is 0.303 e. The fraction of sp³-hybridized carbons (Fsp3) is 0.250. The monoisotopic (exact) mass is 354 g/mol. The van der Waals surface area contributed by atoms with E-state index < -0.39 is 12.0 Å². The Morgan fingerprint density at radius 1 is 1.00 bits per heavy atom. The Balaban J connectivity index is 2.15. The van der Waals surface area contributed by atoms with Crippen molar-refractivity contribution in [3.05, 3.63) is 71.8 Å². The van der Waals surface area contributed by atoms with Crippen LogP contribution in [0.2, 0.25) is 0 Å². The summed E-state index contributed by atoms with van der Waals surface area (Å²) in [5.74, 6) is -1.53. The molecule has 0 aliphatic heterocycles. The number of carboxylic acids is 1. The van der Waals surface area contributed by atoms with E-state index in [1.54, 1.807) is 55.6 Å². The van der Waals surface area contributed by atoms with Gasteiger partial charge < -0.3 is 15.3 Å². The summed E-state index contributed by atoms with van der Waals surface area (Å²) in [5.41, 5.74) is 1.14. The van der Waals surface area contributed by atoms with Crippen molar-refractivity contribution < 1.29 is 19.5 Å². The molecule has 0 spiro atoms. The third kappa shape index (κ3) is 5.44. The third-order valence-corrected chi connectivity index (χ3v) is 3.95. The van der Waals surface area contributed by atoms with E-state index in [0.29, 0.717) is 24.1 Å². The van der Waals surface area contributed by atoms with E-state index in [-0.39, 0.29) is 18.2 Å². The number of hydrogen-bond acceptors (Lipinski definition) is 3. The van der Waals surface area contributed by atoms with Gasteiger partial charge in [0.2, 0.25) is 5.91 Å². The highest BCUT2D eigenvalue weighted by atomic mass is 16.4. The third-order valence-electron chi connectivity index (χ3n) is 3.95. The molecule has 2 rings (SSSR count). The van der Waals surface area contributed by atoms with Crippen LogP contribution in [-0.2, 0) is 9.59 Å². The first-order valence-corrected chi connectivity index (χ1v) is 8.36. The van der Waals surface area contributed by atoms with Gasteiger partial charge in [-0.15, -0.1) is 0 Å². The zero-order chi connectivity index (χ0) is 18.9. The summed E-state index contributed by atoms with van der Waals surface area (Å²) < 4.78 is 0. The number of carbonyl (C=O) groups excluding carboxylic acids is 2. The molecule has 0 aromatic heterocycles. The van der Waals surface area contributed by atoms with E-state index in [1.807, 2.05) is 12.1 Å². The lowest BCUT2D eigenvalue weighted by atomic mass is 10.0. The van der Waals surface area contributed by atoms with Gasteiger partial charge in [0.1, 0.15) is 6.04 Å². The van der Waals surface area contributed by atoms with Crippen molar-refractivity contribution in [3.63, 3.8) is 0 Å². The summed E-state index contributed by atoms with van der Waals surface area (Å²) in [5, 5.41) is 11.5. The Bertz CT molecular complexity index is 747. The van der Waals surface area contributed by atoms with Crippen LogP contribution in [0.1, 0.15) is 34.8 Å². The molecule has 2 N–H and O–H groups in total. The van der Waals surface area contributed by atoms with E-state index in [0.717, 1.165) is 0 Å². The molecular formula is C20H22N2O4. The fourth-order valence-corrected chi connectivity index (χ4v) is 2.54. The summed E-state index contributed by atoms with van der Waals surface area (Å²) in [6, 6.07) is 16.8. The summed E-state index contributed by atoms with van der Waals surface area (Å²) in [4.78, 5) is 37.4. The van der Waals surface area contributed by atoms with Crippen molar-refractivity contribution in [2.75, 3.05) is 13.6 Å². The minimum absolute atomic E-state index is 0.00992. The second-order valence-electron chi connectivity index (χ2n) is 5.94. The maximum atomic E-state index is 12.8. The number of hydrogen-bond donors (Lipinski definition) is 2. The molecule has 2 aromatic carbocycles. The maximum absolute atomic E-state index is 12.8. The normalized spacial score (nSPS) is 11.4. The quantitative estimate of drug-likeness (QED) is 0.762. The van der Waals surface area contributed by atoms with Gasteiger partial charge in [0.15, 0.2) is 0 Å².